The van der Waals surface area contributed by atoms with Crippen molar-refractivity contribution < 1.29 is 0 Å². The number of halogens is 1. The van der Waals surface area contributed by atoms with Crippen LogP contribution in [0.3, 0.4) is 0 Å². The van der Waals surface area contributed by atoms with Crippen LogP contribution in [0, 0.1) is 0 Å². The highest BCUT2D eigenvalue weighted by Gasteiger charge is 2.28. The van der Waals surface area contributed by atoms with Crippen molar-refractivity contribution in [2.45, 2.75) is 18.9 Å². The van der Waals surface area contributed by atoms with E-state index in [0.717, 1.165) is 10.5 Å². The Kier molecular flexibility index (Phi) is 3.49. The Morgan fingerprint density at radius 2 is 2.00 bits per heavy atom. The lowest BCUT2D eigenvalue weighted by atomic mass is 10.0. The van der Waals surface area contributed by atoms with E-state index in [1.165, 1.54) is 41.8 Å². The van der Waals surface area contributed by atoms with Crippen LogP contribution >= 0.6 is 22.9 Å². The Morgan fingerprint density at radius 1 is 1.14 bits per heavy atom. The number of fused-ring (bicyclic) bond motifs is 1. The maximum atomic E-state index is 6.48. The summed E-state index contributed by atoms with van der Waals surface area (Å²) in [5.74, 6) is 0. The third-order valence-corrected chi connectivity index (χ3v) is 5.54. The molecule has 1 aliphatic heterocycles. The predicted octanol–water partition coefficient (Wildman–Crippen LogP) is 5.07. The Hall–Kier alpha value is -1.29. The van der Waals surface area contributed by atoms with Gasteiger partial charge in [0, 0.05) is 27.5 Å². The largest absolute Gasteiger partial charge is 0.361 e. The van der Waals surface area contributed by atoms with Crippen molar-refractivity contribution in [1.82, 2.24) is 9.88 Å². The number of benzene rings is 1. The maximum Gasteiger partial charge on any atom is 0.0717 e. The summed E-state index contributed by atoms with van der Waals surface area (Å²) in [6, 6.07) is 10.8. The molecule has 1 aliphatic rings. The minimum Gasteiger partial charge on any atom is -0.361 e. The lowest BCUT2D eigenvalue weighted by Crippen LogP contribution is -2.25. The summed E-state index contributed by atoms with van der Waals surface area (Å²) in [4.78, 5) is 7.37. The van der Waals surface area contributed by atoms with E-state index < -0.39 is 0 Å². The molecule has 4 heteroatoms. The van der Waals surface area contributed by atoms with Crippen LogP contribution < -0.4 is 0 Å². The van der Waals surface area contributed by atoms with Crippen molar-refractivity contribution >= 4 is 33.8 Å². The fourth-order valence-corrected chi connectivity index (χ4v) is 4.52. The highest BCUT2D eigenvalue weighted by atomic mass is 35.5. The van der Waals surface area contributed by atoms with Crippen molar-refractivity contribution in [2.24, 2.45) is 0 Å². The van der Waals surface area contributed by atoms with Crippen molar-refractivity contribution in [3.05, 3.63) is 57.4 Å². The van der Waals surface area contributed by atoms with Gasteiger partial charge >= 0.3 is 0 Å². The third-order valence-electron chi connectivity index (χ3n) is 4.30. The fraction of sp³-hybridized carbons (Fsp3) is 0.294. The maximum absolute atomic E-state index is 6.48. The third kappa shape index (κ3) is 2.30. The van der Waals surface area contributed by atoms with Crippen LogP contribution in [0.1, 0.15) is 29.3 Å². The molecule has 1 N–H and O–H groups in total. The molecule has 1 atom stereocenters. The predicted molar refractivity (Wildman–Crippen MR) is 90.3 cm³/mol. The standard InChI is InChI=1S/C17H17ClN2S/c18-13-5-3-6-14-16(13)12(11-19-14)17(15-7-4-10-21-15)20-8-1-2-9-20/h3-7,10-11,17,19H,1-2,8-9H2. The molecule has 21 heavy (non-hydrogen) atoms. The normalized spacial score (nSPS) is 17.6. The van der Waals surface area contributed by atoms with Gasteiger partial charge in [-0.2, -0.15) is 0 Å². The van der Waals surface area contributed by atoms with E-state index in [4.69, 9.17) is 11.6 Å². The van der Waals surface area contributed by atoms with Gasteiger partial charge in [0.15, 0.2) is 0 Å². The molecule has 1 fully saturated rings. The molecule has 4 rings (SSSR count). The molecule has 108 valence electrons. The molecule has 0 spiro atoms. The molecular formula is C17H17ClN2S. The van der Waals surface area contributed by atoms with Crippen LogP contribution in [-0.2, 0) is 0 Å². The molecule has 0 radical (unpaired) electrons. The number of likely N-dealkylation sites (tertiary alicyclic amines) is 1. The number of hydrogen-bond donors (Lipinski definition) is 1. The number of nitrogens with zero attached hydrogens (tertiary/aromatic N) is 1. The highest BCUT2D eigenvalue weighted by Crippen LogP contribution is 2.39. The van der Waals surface area contributed by atoms with E-state index in [-0.39, 0.29) is 0 Å². The van der Waals surface area contributed by atoms with Gasteiger partial charge in [-0.05, 0) is 49.5 Å². The number of aromatic amines is 1. The minimum absolute atomic E-state index is 0.321. The Balaban J connectivity index is 1.89. The second kappa shape index (κ2) is 5.48. The van der Waals surface area contributed by atoms with Crippen molar-refractivity contribution in [3.63, 3.8) is 0 Å². The topological polar surface area (TPSA) is 19.0 Å². The quantitative estimate of drug-likeness (QED) is 0.715. The Bertz CT molecular complexity index is 741. The molecule has 0 aliphatic carbocycles. The van der Waals surface area contributed by atoms with Gasteiger partial charge in [0.25, 0.3) is 0 Å². The molecular weight excluding hydrogens is 300 g/mol. The van der Waals surface area contributed by atoms with Crippen LogP contribution in [0.4, 0.5) is 0 Å². The zero-order chi connectivity index (χ0) is 14.2. The highest BCUT2D eigenvalue weighted by molar-refractivity contribution is 7.10. The van der Waals surface area contributed by atoms with Gasteiger partial charge in [0.2, 0.25) is 0 Å². The SMILES string of the molecule is Clc1cccc2[nH]cc(C(c3cccs3)N3CCCC3)c12. The van der Waals surface area contributed by atoms with E-state index in [9.17, 15) is 0 Å². The summed E-state index contributed by atoms with van der Waals surface area (Å²) in [5.41, 5.74) is 2.43. The van der Waals surface area contributed by atoms with Gasteiger partial charge in [-0.15, -0.1) is 11.3 Å². The molecule has 2 nitrogen and oxygen atoms in total. The minimum atomic E-state index is 0.321. The Morgan fingerprint density at radius 3 is 2.76 bits per heavy atom. The second-order valence-corrected chi connectivity index (χ2v) is 6.95. The zero-order valence-electron chi connectivity index (χ0n) is 11.7. The second-order valence-electron chi connectivity index (χ2n) is 5.57. The average Bonchev–Trinajstić information content (AvgIpc) is 3.21. The smallest absolute Gasteiger partial charge is 0.0717 e. The van der Waals surface area contributed by atoms with Crippen LogP contribution in [0.15, 0.2) is 41.9 Å². The van der Waals surface area contributed by atoms with Gasteiger partial charge in [-0.25, -0.2) is 0 Å². The first kappa shape index (κ1) is 13.4. The number of hydrogen-bond acceptors (Lipinski definition) is 2. The zero-order valence-corrected chi connectivity index (χ0v) is 13.3. The summed E-state index contributed by atoms with van der Waals surface area (Å²) in [6.45, 7) is 2.33. The summed E-state index contributed by atoms with van der Waals surface area (Å²) in [7, 11) is 0. The summed E-state index contributed by atoms with van der Waals surface area (Å²) >= 11 is 8.31. The van der Waals surface area contributed by atoms with Crippen LogP contribution in [0.2, 0.25) is 5.02 Å². The number of thiophene rings is 1. The van der Waals surface area contributed by atoms with E-state index in [2.05, 4.69) is 39.7 Å². The molecule has 2 aromatic heterocycles. The lowest BCUT2D eigenvalue weighted by Gasteiger charge is -2.26. The summed E-state index contributed by atoms with van der Waals surface area (Å²) in [5, 5.41) is 4.17. The molecule has 1 unspecified atom stereocenters. The first-order valence-corrected chi connectivity index (χ1v) is 8.63. The number of nitrogens with one attached hydrogen (secondary N) is 1. The van der Waals surface area contributed by atoms with Gasteiger partial charge in [-0.3, -0.25) is 4.90 Å². The van der Waals surface area contributed by atoms with Crippen LogP contribution in [0.5, 0.6) is 0 Å². The van der Waals surface area contributed by atoms with Gasteiger partial charge in [0.05, 0.1) is 11.1 Å². The first-order chi connectivity index (χ1) is 10.3. The fourth-order valence-electron chi connectivity index (χ4n) is 3.36. The van der Waals surface area contributed by atoms with Crippen molar-refractivity contribution in [3.8, 4) is 0 Å². The van der Waals surface area contributed by atoms with Crippen molar-refractivity contribution in [1.29, 1.82) is 0 Å². The van der Waals surface area contributed by atoms with E-state index >= 15 is 0 Å². The number of rotatable bonds is 3. The van der Waals surface area contributed by atoms with Crippen LogP contribution in [-0.4, -0.2) is 23.0 Å². The van der Waals surface area contributed by atoms with E-state index in [1.54, 1.807) is 0 Å². The summed E-state index contributed by atoms with van der Waals surface area (Å²) < 4.78 is 0. The molecule has 3 heterocycles. The lowest BCUT2D eigenvalue weighted by molar-refractivity contribution is 0.286. The number of aromatic nitrogens is 1. The van der Waals surface area contributed by atoms with Gasteiger partial charge in [-0.1, -0.05) is 23.7 Å². The average molecular weight is 317 g/mol. The van der Waals surface area contributed by atoms with E-state index in [0.29, 0.717) is 6.04 Å². The Labute approximate surface area is 133 Å². The number of H-pyrrole nitrogens is 1. The molecule has 0 bridgehead atoms. The monoisotopic (exact) mass is 316 g/mol. The van der Waals surface area contributed by atoms with E-state index in [1.807, 2.05) is 23.5 Å². The van der Waals surface area contributed by atoms with Crippen molar-refractivity contribution in [2.75, 3.05) is 13.1 Å². The summed E-state index contributed by atoms with van der Waals surface area (Å²) in [6.07, 6.45) is 4.72. The molecule has 1 saturated heterocycles. The van der Waals surface area contributed by atoms with Crippen LogP contribution in [0.25, 0.3) is 10.9 Å². The molecule has 1 aromatic carbocycles. The van der Waals surface area contributed by atoms with Gasteiger partial charge < -0.3 is 4.98 Å². The molecule has 3 aromatic rings. The first-order valence-electron chi connectivity index (χ1n) is 7.37. The van der Waals surface area contributed by atoms with Gasteiger partial charge in [0.1, 0.15) is 0 Å². The molecule has 0 amide bonds. The molecule has 0 saturated carbocycles.